The molecule has 1 aliphatic rings. The number of aromatic nitrogens is 2. The summed E-state index contributed by atoms with van der Waals surface area (Å²) < 4.78 is 0. The molecule has 0 bridgehead atoms. The molecule has 0 radical (unpaired) electrons. The van der Waals surface area contributed by atoms with E-state index >= 15 is 0 Å². The number of nitrogens with one attached hydrogen (secondary N) is 1. The van der Waals surface area contributed by atoms with Gasteiger partial charge in [0.05, 0.1) is 0 Å². The van der Waals surface area contributed by atoms with E-state index in [4.69, 9.17) is 0 Å². The van der Waals surface area contributed by atoms with E-state index in [-0.39, 0.29) is 5.56 Å². The molecule has 2 aromatic rings. The number of hydrogen-bond donors (Lipinski definition) is 1. The molecular formula is C20H27N3O. The van der Waals surface area contributed by atoms with Crippen LogP contribution in [0.3, 0.4) is 0 Å². The number of aromatic amines is 1. The van der Waals surface area contributed by atoms with E-state index in [1.807, 2.05) is 0 Å². The molecule has 24 heavy (non-hydrogen) atoms. The molecule has 0 spiro atoms. The van der Waals surface area contributed by atoms with Crippen molar-refractivity contribution in [2.24, 2.45) is 0 Å². The van der Waals surface area contributed by atoms with Crippen LogP contribution in [-0.2, 0) is 13.0 Å². The van der Waals surface area contributed by atoms with Gasteiger partial charge in [0.1, 0.15) is 5.82 Å². The van der Waals surface area contributed by atoms with Gasteiger partial charge < -0.3 is 4.98 Å². The zero-order valence-electron chi connectivity index (χ0n) is 14.6. The fourth-order valence-electron chi connectivity index (χ4n) is 3.27. The Bertz CT molecular complexity index is 700. The second kappa shape index (κ2) is 8.25. The first-order chi connectivity index (χ1) is 11.7. The van der Waals surface area contributed by atoms with E-state index in [2.05, 4.69) is 46.1 Å². The molecule has 1 aliphatic heterocycles. The number of unbranched alkanes of at least 4 members (excludes halogenated alkanes) is 1. The fourth-order valence-corrected chi connectivity index (χ4v) is 3.27. The Morgan fingerprint density at radius 1 is 1.12 bits per heavy atom. The summed E-state index contributed by atoms with van der Waals surface area (Å²) >= 11 is 0. The summed E-state index contributed by atoms with van der Waals surface area (Å²) in [7, 11) is 0. The SMILES string of the molecule is CCCCc1cc(=O)[nH]c(-c2ccc(CN3CCCCC3)cc2)n1. The number of nitrogens with zero attached hydrogens (tertiary/aromatic N) is 2. The molecule has 1 aromatic carbocycles. The predicted molar refractivity (Wildman–Crippen MR) is 98.0 cm³/mol. The Morgan fingerprint density at radius 3 is 2.58 bits per heavy atom. The van der Waals surface area contributed by atoms with Crippen molar-refractivity contribution in [3.63, 3.8) is 0 Å². The third-order valence-corrected chi connectivity index (χ3v) is 4.66. The average Bonchev–Trinajstić information content (AvgIpc) is 2.61. The molecule has 128 valence electrons. The lowest BCUT2D eigenvalue weighted by Crippen LogP contribution is -2.29. The maximum Gasteiger partial charge on any atom is 0.251 e. The van der Waals surface area contributed by atoms with Gasteiger partial charge >= 0.3 is 0 Å². The van der Waals surface area contributed by atoms with Crippen LogP contribution in [0.2, 0.25) is 0 Å². The first kappa shape index (κ1) is 16.9. The second-order valence-corrected chi connectivity index (χ2v) is 6.72. The first-order valence-electron chi connectivity index (χ1n) is 9.16. The van der Waals surface area contributed by atoms with E-state index in [9.17, 15) is 4.79 Å². The van der Waals surface area contributed by atoms with Crippen molar-refractivity contribution in [2.45, 2.75) is 52.0 Å². The highest BCUT2D eigenvalue weighted by Crippen LogP contribution is 2.18. The van der Waals surface area contributed by atoms with Gasteiger partial charge in [0.15, 0.2) is 0 Å². The molecule has 3 rings (SSSR count). The lowest BCUT2D eigenvalue weighted by atomic mass is 10.1. The number of rotatable bonds is 6. The van der Waals surface area contributed by atoms with Gasteiger partial charge in [0, 0.05) is 23.9 Å². The molecule has 2 heterocycles. The molecule has 1 saturated heterocycles. The molecule has 0 saturated carbocycles. The van der Waals surface area contributed by atoms with Crippen LogP contribution in [-0.4, -0.2) is 28.0 Å². The van der Waals surface area contributed by atoms with Crippen LogP contribution in [0.5, 0.6) is 0 Å². The number of aryl methyl sites for hydroxylation is 1. The Kier molecular flexibility index (Phi) is 5.81. The number of hydrogen-bond acceptors (Lipinski definition) is 3. The van der Waals surface area contributed by atoms with Gasteiger partial charge in [-0.3, -0.25) is 9.69 Å². The fraction of sp³-hybridized carbons (Fsp3) is 0.500. The lowest BCUT2D eigenvalue weighted by molar-refractivity contribution is 0.221. The first-order valence-corrected chi connectivity index (χ1v) is 9.16. The van der Waals surface area contributed by atoms with Crippen molar-refractivity contribution >= 4 is 0 Å². The van der Waals surface area contributed by atoms with Crippen LogP contribution in [0.4, 0.5) is 0 Å². The standard InChI is InChI=1S/C20H27N3O/c1-2-3-7-18-14-19(24)22-20(21-18)17-10-8-16(9-11-17)15-23-12-5-4-6-13-23/h8-11,14H,2-7,12-13,15H2,1H3,(H,21,22,24). The molecule has 0 amide bonds. The summed E-state index contributed by atoms with van der Waals surface area (Å²) in [5.41, 5.74) is 3.12. The van der Waals surface area contributed by atoms with Gasteiger partial charge in [-0.15, -0.1) is 0 Å². The molecule has 1 N–H and O–H groups in total. The van der Waals surface area contributed by atoms with Crippen LogP contribution in [0.1, 0.15) is 50.3 Å². The number of benzene rings is 1. The van der Waals surface area contributed by atoms with Crippen LogP contribution in [0, 0.1) is 0 Å². The van der Waals surface area contributed by atoms with E-state index in [1.165, 1.54) is 37.9 Å². The minimum atomic E-state index is -0.0662. The minimum absolute atomic E-state index is 0.0662. The largest absolute Gasteiger partial charge is 0.307 e. The Balaban J connectivity index is 1.72. The van der Waals surface area contributed by atoms with E-state index < -0.39 is 0 Å². The van der Waals surface area contributed by atoms with Crippen molar-refractivity contribution in [3.8, 4) is 11.4 Å². The number of likely N-dealkylation sites (tertiary alicyclic amines) is 1. The van der Waals surface area contributed by atoms with Gasteiger partial charge in [-0.25, -0.2) is 4.98 Å². The quantitative estimate of drug-likeness (QED) is 0.879. The molecular weight excluding hydrogens is 298 g/mol. The number of H-pyrrole nitrogens is 1. The minimum Gasteiger partial charge on any atom is -0.307 e. The molecule has 0 atom stereocenters. The highest BCUT2D eigenvalue weighted by atomic mass is 16.1. The second-order valence-electron chi connectivity index (χ2n) is 6.72. The van der Waals surface area contributed by atoms with Crippen molar-refractivity contribution in [1.29, 1.82) is 0 Å². The summed E-state index contributed by atoms with van der Waals surface area (Å²) in [5, 5.41) is 0. The van der Waals surface area contributed by atoms with Gasteiger partial charge in [-0.2, -0.15) is 0 Å². The van der Waals surface area contributed by atoms with Crippen molar-refractivity contribution in [2.75, 3.05) is 13.1 Å². The monoisotopic (exact) mass is 325 g/mol. The summed E-state index contributed by atoms with van der Waals surface area (Å²) in [6, 6.07) is 10.1. The topological polar surface area (TPSA) is 49.0 Å². The lowest BCUT2D eigenvalue weighted by Gasteiger charge is -2.26. The van der Waals surface area contributed by atoms with Crippen LogP contribution >= 0.6 is 0 Å². The molecule has 0 aliphatic carbocycles. The van der Waals surface area contributed by atoms with Crippen LogP contribution in [0.25, 0.3) is 11.4 Å². The van der Waals surface area contributed by atoms with Gasteiger partial charge in [0.2, 0.25) is 0 Å². The van der Waals surface area contributed by atoms with E-state index in [0.717, 1.165) is 37.1 Å². The predicted octanol–water partition coefficient (Wildman–Crippen LogP) is 3.77. The summed E-state index contributed by atoms with van der Waals surface area (Å²) in [5.74, 6) is 0.679. The van der Waals surface area contributed by atoms with Crippen LogP contribution < -0.4 is 5.56 Å². The van der Waals surface area contributed by atoms with Gasteiger partial charge in [-0.1, -0.05) is 44.0 Å². The summed E-state index contributed by atoms with van der Waals surface area (Å²) in [6.45, 7) is 5.57. The van der Waals surface area contributed by atoms with Gasteiger partial charge in [0.25, 0.3) is 5.56 Å². The molecule has 4 nitrogen and oxygen atoms in total. The number of piperidine rings is 1. The third-order valence-electron chi connectivity index (χ3n) is 4.66. The molecule has 1 fully saturated rings. The Hall–Kier alpha value is -1.94. The summed E-state index contributed by atoms with van der Waals surface area (Å²) in [6.07, 6.45) is 7.02. The average molecular weight is 325 g/mol. The molecule has 4 heteroatoms. The van der Waals surface area contributed by atoms with E-state index in [1.54, 1.807) is 6.07 Å². The highest BCUT2D eigenvalue weighted by molar-refractivity contribution is 5.55. The van der Waals surface area contributed by atoms with E-state index in [0.29, 0.717) is 5.82 Å². The summed E-state index contributed by atoms with van der Waals surface area (Å²) in [4.78, 5) is 21.9. The zero-order chi connectivity index (χ0) is 16.8. The normalized spacial score (nSPS) is 15.5. The van der Waals surface area contributed by atoms with Gasteiger partial charge in [-0.05, 0) is 44.3 Å². The van der Waals surface area contributed by atoms with Crippen molar-refractivity contribution in [1.82, 2.24) is 14.9 Å². The Labute approximate surface area is 143 Å². The van der Waals surface area contributed by atoms with Crippen molar-refractivity contribution in [3.05, 3.63) is 51.9 Å². The third kappa shape index (κ3) is 4.54. The Morgan fingerprint density at radius 2 is 1.88 bits per heavy atom. The highest BCUT2D eigenvalue weighted by Gasteiger charge is 2.10. The molecule has 0 unspecified atom stereocenters. The zero-order valence-corrected chi connectivity index (χ0v) is 14.6. The molecule has 1 aromatic heterocycles. The maximum atomic E-state index is 11.9. The van der Waals surface area contributed by atoms with Crippen LogP contribution in [0.15, 0.2) is 35.1 Å². The smallest absolute Gasteiger partial charge is 0.251 e. The maximum absolute atomic E-state index is 11.9. The van der Waals surface area contributed by atoms with Crippen molar-refractivity contribution < 1.29 is 0 Å².